The fraction of sp³-hybridized carbons (Fsp3) is 0.429. The number of carbonyl (C=O) groups excluding carboxylic acids is 1. The van der Waals surface area contributed by atoms with Crippen molar-refractivity contribution in [2.24, 2.45) is 0 Å². The van der Waals surface area contributed by atoms with E-state index < -0.39 is 11.9 Å². The molecule has 164 valence electrons. The maximum absolute atomic E-state index is 13.5. The van der Waals surface area contributed by atoms with Gasteiger partial charge in [0.25, 0.3) is 0 Å². The Hall–Kier alpha value is -2.75. The Balaban J connectivity index is 1.48. The third-order valence-corrected chi connectivity index (χ3v) is 6.21. The van der Waals surface area contributed by atoms with E-state index in [9.17, 15) is 18.0 Å². The summed E-state index contributed by atoms with van der Waals surface area (Å²) in [6.07, 6.45) is 3.12. The summed E-state index contributed by atoms with van der Waals surface area (Å²) in [5.74, 6) is -0.142. The topological polar surface area (TPSA) is 63.9 Å². The van der Waals surface area contributed by atoms with Crippen LogP contribution in [0.5, 0.6) is 0 Å². The molecule has 6 nitrogen and oxygen atoms in total. The Morgan fingerprint density at radius 1 is 1.29 bits per heavy atom. The molecule has 1 fully saturated rings. The first-order valence-electron chi connectivity index (χ1n) is 10.1. The van der Waals surface area contributed by atoms with Gasteiger partial charge in [0.2, 0.25) is 5.91 Å². The Labute approximate surface area is 181 Å². The predicted molar refractivity (Wildman–Crippen MR) is 110 cm³/mol. The van der Waals surface area contributed by atoms with Crippen LogP contribution in [0.25, 0.3) is 10.6 Å². The van der Waals surface area contributed by atoms with Crippen molar-refractivity contribution in [3.63, 3.8) is 0 Å². The minimum atomic E-state index is -4.55. The zero-order valence-electron chi connectivity index (χ0n) is 16.8. The van der Waals surface area contributed by atoms with Gasteiger partial charge in [0, 0.05) is 44.4 Å². The van der Waals surface area contributed by atoms with E-state index in [-0.39, 0.29) is 23.3 Å². The van der Waals surface area contributed by atoms with Gasteiger partial charge in [-0.25, -0.2) is 15.0 Å². The summed E-state index contributed by atoms with van der Waals surface area (Å²) in [5.41, 5.74) is -0.666. The third-order valence-electron chi connectivity index (χ3n) is 5.31. The normalized spacial score (nSPS) is 17.1. The zero-order chi connectivity index (χ0) is 21.8. The summed E-state index contributed by atoms with van der Waals surface area (Å²) in [7, 11) is 0. The molecule has 1 saturated heterocycles. The molecule has 1 aliphatic rings. The van der Waals surface area contributed by atoms with Crippen molar-refractivity contribution < 1.29 is 18.0 Å². The number of hydrogen-bond donors (Lipinski definition) is 0. The lowest BCUT2D eigenvalue weighted by Gasteiger charge is -2.32. The minimum absolute atomic E-state index is 0.00951. The molecule has 1 atom stereocenters. The Morgan fingerprint density at radius 3 is 2.87 bits per heavy atom. The molecule has 3 aromatic rings. The Bertz CT molecular complexity index is 1000. The number of imidazole rings is 1. The number of thiophene rings is 1. The van der Waals surface area contributed by atoms with Crippen LogP contribution in [-0.2, 0) is 17.5 Å². The van der Waals surface area contributed by atoms with Crippen molar-refractivity contribution in [1.82, 2.24) is 24.4 Å². The number of aromatic nitrogens is 4. The number of piperidine rings is 1. The van der Waals surface area contributed by atoms with Gasteiger partial charge in [-0.1, -0.05) is 6.07 Å². The van der Waals surface area contributed by atoms with E-state index in [4.69, 9.17) is 0 Å². The summed E-state index contributed by atoms with van der Waals surface area (Å²) in [6, 6.07) is 4.52. The van der Waals surface area contributed by atoms with Gasteiger partial charge in [-0.05, 0) is 36.8 Å². The smallest absolute Gasteiger partial charge is 0.342 e. The number of likely N-dealkylation sites (tertiary alicyclic amines) is 1. The number of amides is 1. The molecular weight excluding hydrogens is 427 g/mol. The van der Waals surface area contributed by atoms with E-state index in [1.807, 2.05) is 10.8 Å². The summed E-state index contributed by atoms with van der Waals surface area (Å²) in [6.45, 7) is 1.65. The standard InChI is InChI=1S/C21H22F3N5OS/c22-21(23,24)18-12-16(17-5-3-11-31-17)26-20(27-18)15-4-1-9-29(13-15)19(30)6-2-8-28-10-7-25-14-28/h3,5,7,10-12,14-15H,1-2,4,6,8-9,13H2. The van der Waals surface area contributed by atoms with Crippen LogP contribution >= 0.6 is 11.3 Å². The maximum Gasteiger partial charge on any atom is 0.433 e. The average molecular weight is 450 g/mol. The quantitative estimate of drug-likeness (QED) is 0.552. The van der Waals surface area contributed by atoms with Gasteiger partial charge in [0.1, 0.15) is 11.5 Å². The van der Waals surface area contributed by atoms with Crippen LogP contribution in [-0.4, -0.2) is 43.4 Å². The van der Waals surface area contributed by atoms with Crippen LogP contribution in [0.4, 0.5) is 13.2 Å². The highest BCUT2D eigenvalue weighted by atomic mass is 32.1. The van der Waals surface area contributed by atoms with Gasteiger partial charge in [-0.15, -0.1) is 11.3 Å². The second-order valence-electron chi connectivity index (χ2n) is 7.55. The first-order valence-corrected chi connectivity index (χ1v) is 11.0. The molecule has 0 spiro atoms. The minimum Gasteiger partial charge on any atom is -0.342 e. The third kappa shape index (κ3) is 5.30. The van der Waals surface area contributed by atoms with Gasteiger partial charge in [-0.2, -0.15) is 13.2 Å². The number of nitrogens with zero attached hydrogens (tertiary/aromatic N) is 5. The predicted octanol–water partition coefficient (Wildman–Crippen LogP) is 4.61. The van der Waals surface area contributed by atoms with Crippen molar-refractivity contribution in [3.05, 3.63) is 53.8 Å². The van der Waals surface area contributed by atoms with Crippen molar-refractivity contribution >= 4 is 17.2 Å². The maximum atomic E-state index is 13.5. The molecule has 4 heterocycles. The van der Waals surface area contributed by atoms with Crippen LogP contribution in [0.15, 0.2) is 42.3 Å². The van der Waals surface area contributed by atoms with E-state index in [0.717, 1.165) is 6.07 Å². The van der Waals surface area contributed by atoms with Gasteiger partial charge >= 0.3 is 6.18 Å². The molecule has 31 heavy (non-hydrogen) atoms. The number of alkyl halides is 3. The molecule has 3 aromatic heterocycles. The molecular formula is C21H22F3N5OS. The van der Waals surface area contributed by atoms with Gasteiger partial charge in [0.05, 0.1) is 16.9 Å². The summed E-state index contributed by atoms with van der Waals surface area (Å²) in [5, 5.41) is 1.80. The molecule has 1 amide bonds. The second-order valence-corrected chi connectivity index (χ2v) is 8.50. The molecule has 4 rings (SSSR count). The Kier molecular flexibility index (Phi) is 6.35. The van der Waals surface area contributed by atoms with E-state index in [1.54, 1.807) is 34.9 Å². The first kappa shape index (κ1) is 21.5. The Morgan fingerprint density at radius 2 is 2.16 bits per heavy atom. The molecule has 0 aromatic carbocycles. The highest BCUT2D eigenvalue weighted by Gasteiger charge is 2.35. The molecule has 0 radical (unpaired) electrons. The van der Waals surface area contributed by atoms with E-state index in [1.165, 1.54) is 11.3 Å². The van der Waals surface area contributed by atoms with Crippen LogP contribution in [0, 0.1) is 0 Å². The average Bonchev–Trinajstić information content (AvgIpc) is 3.47. The molecule has 1 unspecified atom stereocenters. The molecule has 1 aliphatic heterocycles. The van der Waals surface area contributed by atoms with Crippen LogP contribution in [0.1, 0.15) is 43.1 Å². The number of carbonyl (C=O) groups is 1. The number of halogens is 3. The highest BCUT2D eigenvalue weighted by Crippen LogP contribution is 2.34. The molecule has 0 bridgehead atoms. The second kappa shape index (κ2) is 9.17. The van der Waals surface area contributed by atoms with Gasteiger partial charge < -0.3 is 9.47 Å². The van der Waals surface area contributed by atoms with E-state index in [2.05, 4.69) is 15.0 Å². The molecule has 0 N–H and O–H groups in total. The van der Waals surface area contributed by atoms with Crippen LogP contribution in [0.2, 0.25) is 0 Å². The lowest BCUT2D eigenvalue weighted by atomic mass is 9.96. The molecule has 0 aliphatic carbocycles. The number of aryl methyl sites for hydroxylation is 1. The van der Waals surface area contributed by atoms with E-state index in [0.29, 0.717) is 50.2 Å². The van der Waals surface area contributed by atoms with Gasteiger partial charge in [-0.3, -0.25) is 4.79 Å². The van der Waals surface area contributed by atoms with Crippen molar-refractivity contribution in [2.45, 2.75) is 44.3 Å². The zero-order valence-corrected chi connectivity index (χ0v) is 17.6. The molecule has 0 saturated carbocycles. The fourth-order valence-electron chi connectivity index (χ4n) is 3.75. The summed E-state index contributed by atoms with van der Waals surface area (Å²) >= 11 is 1.34. The van der Waals surface area contributed by atoms with Crippen molar-refractivity contribution in [3.8, 4) is 10.6 Å². The first-order chi connectivity index (χ1) is 14.9. The van der Waals surface area contributed by atoms with Crippen molar-refractivity contribution in [2.75, 3.05) is 13.1 Å². The summed E-state index contributed by atoms with van der Waals surface area (Å²) in [4.78, 5) is 27.3. The number of rotatable bonds is 6. The van der Waals surface area contributed by atoms with Crippen LogP contribution < -0.4 is 0 Å². The lowest BCUT2D eigenvalue weighted by molar-refractivity contribution is -0.141. The largest absolute Gasteiger partial charge is 0.433 e. The van der Waals surface area contributed by atoms with Crippen LogP contribution in [0.3, 0.4) is 0 Å². The lowest BCUT2D eigenvalue weighted by Crippen LogP contribution is -2.39. The SMILES string of the molecule is O=C(CCCn1ccnc1)N1CCCC(c2nc(-c3cccs3)cc(C(F)(F)F)n2)C1. The highest BCUT2D eigenvalue weighted by molar-refractivity contribution is 7.13. The fourth-order valence-corrected chi connectivity index (χ4v) is 4.43. The van der Waals surface area contributed by atoms with E-state index >= 15 is 0 Å². The number of hydrogen-bond acceptors (Lipinski definition) is 5. The monoisotopic (exact) mass is 449 g/mol. The molecule has 10 heteroatoms. The van der Waals surface area contributed by atoms with Crippen molar-refractivity contribution in [1.29, 1.82) is 0 Å². The van der Waals surface area contributed by atoms with Gasteiger partial charge in [0.15, 0.2) is 0 Å². The summed E-state index contributed by atoms with van der Waals surface area (Å²) < 4.78 is 42.3.